The number of epoxide rings is 1. The summed E-state index contributed by atoms with van der Waals surface area (Å²) < 4.78 is 17.3. The molecule has 3 fully saturated rings. The van der Waals surface area contributed by atoms with Crippen LogP contribution >= 0.6 is 0 Å². The molecule has 1 saturated heterocycles. The summed E-state index contributed by atoms with van der Waals surface area (Å²) in [6.07, 6.45) is 12.7. The fraction of sp³-hybridized carbons (Fsp3) is 1.00. The van der Waals surface area contributed by atoms with Crippen molar-refractivity contribution in [2.75, 3.05) is 19.8 Å². The zero-order chi connectivity index (χ0) is 19.3. The van der Waals surface area contributed by atoms with Crippen molar-refractivity contribution in [3.8, 4) is 0 Å². The van der Waals surface area contributed by atoms with E-state index in [0.29, 0.717) is 30.3 Å². The van der Waals surface area contributed by atoms with E-state index in [9.17, 15) is 5.11 Å². The van der Waals surface area contributed by atoms with Crippen LogP contribution in [-0.2, 0) is 14.2 Å². The van der Waals surface area contributed by atoms with Crippen molar-refractivity contribution in [1.82, 2.24) is 0 Å². The molecule has 3 rings (SSSR count). The zero-order valence-electron chi connectivity index (χ0n) is 17.8. The smallest absolute Gasteiger partial charge is 0.104 e. The first kappa shape index (κ1) is 21.5. The Bertz CT molecular complexity index is 418. The Morgan fingerprint density at radius 1 is 0.926 bits per heavy atom. The summed E-state index contributed by atoms with van der Waals surface area (Å²) in [5.74, 6) is 1.63. The first-order valence-electron chi connectivity index (χ1n) is 11.5. The first-order valence-corrected chi connectivity index (χ1v) is 11.5. The third-order valence-electron chi connectivity index (χ3n) is 7.52. The molecule has 2 aliphatic carbocycles. The van der Waals surface area contributed by atoms with Gasteiger partial charge >= 0.3 is 0 Å². The molecule has 1 N–H and O–H groups in total. The fourth-order valence-electron chi connectivity index (χ4n) is 5.35. The van der Waals surface area contributed by atoms with Crippen LogP contribution in [0.4, 0.5) is 0 Å². The quantitative estimate of drug-likeness (QED) is 0.555. The fourth-order valence-corrected chi connectivity index (χ4v) is 5.35. The molecule has 0 aromatic rings. The third kappa shape index (κ3) is 6.42. The van der Waals surface area contributed by atoms with Crippen LogP contribution < -0.4 is 0 Å². The molecule has 1 aliphatic heterocycles. The van der Waals surface area contributed by atoms with Gasteiger partial charge in [0.1, 0.15) is 6.10 Å². The van der Waals surface area contributed by atoms with E-state index in [0.717, 1.165) is 50.7 Å². The minimum absolute atomic E-state index is 0.284. The van der Waals surface area contributed by atoms with Gasteiger partial charge in [0.2, 0.25) is 0 Å². The van der Waals surface area contributed by atoms with E-state index in [1.54, 1.807) is 0 Å². The van der Waals surface area contributed by atoms with E-state index in [4.69, 9.17) is 14.2 Å². The lowest BCUT2D eigenvalue weighted by Crippen LogP contribution is -2.39. The molecule has 0 amide bonds. The second-order valence-corrected chi connectivity index (χ2v) is 9.83. The van der Waals surface area contributed by atoms with Crippen molar-refractivity contribution in [3.63, 3.8) is 0 Å². The Morgan fingerprint density at radius 3 is 1.93 bits per heavy atom. The Kier molecular flexibility index (Phi) is 8.02. The monoisotopic (exact) mass is 382 g/mol. The minimum Gasteiger partial charge on any atom is -0.391 e. The average Bonchev–Trinajstić information content (AvgIpc) is 3.50. The van der Waals surface area contributed by atoms with Crippen LogP contribution in [0, 0.1) is 17.3 Å². The van der Waals surface area contributed by atoms with Crippen molar-refractivity contribution >= 4 is 0 Å². The number of aliphatic hydroxyl groups is 1. The van der Waals surface area contributed by atoms with Gasteiger partial charge in [0.15, 0.2) is 0 Å². The topological polar surface area (TPSA) is 51.2 Å². The lowest BCUT2D eigenvalue weighted by Gasteiger charge is -2.46. The molecule has 158 valence electrons. The summed E-state index contributed by atoms with van der Waals surface area (Å²) in [6, 6.07) is 0. The summed E-state index contributed by atoms with van der Waals surface area (Å²) in [4.78, 5) is 0. The van der Waals surface area contributed by atoms with Gasteiger partial charge in [-0.15, -0.1) is 0 Å². The molecular formula is C23H42O4. The number of hydrogen-bond donors (Lipinski definition) is 1. The maximum Gasteiger partial charge on any atom is 0.104 e. The van der Waals surface area contributed by atoms with Gasteiger partial charge < -0.3 is 19.3 Å². The molecule has 1 heterocycles. The summed E-state index contributed by atoms with van der Waals surface area (Å²) in [5, 5.41) is 9.88. The minimum atomic E-state index is -0.284. The predicted octanol–water partition coefficient (Wildman–Crippen LogP) is 4.72. The van der Waals surface area contributed by atoms with Gasteiger partial charge in [-0.1, -0.05) is 27.2 Å². The van der Waals surface area contributed by atoms with Crippen LogP contribution in [0.3, 0.4) is 0 Å². The number of aliphatic hydroxyl groups excluding tert-OH is 1. The highest BCUT2D eigenvalue weighted by molar-refractivity contribution is 4.91. The molecule has 3 aliphatic rings. The maximum absolute atomic E-state index is 9.88. The molecule has 2 unspecified atom stereocenters. The molecule has 0 aromatic carbocycles. The van der Waals surface area contributed by atoms with Gasteiger partial charge in [-0.3, -0.25) is 0 Å². The van der Waals surface area contributed by atoms with Crippen LogP contribution in [0.1, 0.15) is 85.0 Å². The van der Waals surface area contributed by atoms with Gasteiger partial charge in [-0.2, -0.15) is 0 Å². The number of rotatable bonds is 10. The number of ether oxygens (including phenoxy) is 3. The Morgan fingerprint density at radius 2 is 1.44 bits per heavy atom. The van der Waals surface area contributed by atoms with Crippen LogP contribution in [0.5, 0.6) is 0 Å². The number of hydrogen-bond acceptors (Lipinski definition) is 4. The van der Waals surface area contributed by atoms with Gasteiger partial charge in [-0.05, 0) is 75.0 Å². The highest BCUT2D eigenvalue weighted by atomic mass is 16.6. The second-order valence-electron chi connectivity index (χ2n) is 9.83. The standard InChI is InChI=1S/C23H42O4/c1-4-5-19(24)14-25-20-10-6-17(7-11-20)23(2,3)18-8-12-21(13-9-18)26-15-22-16-27-22/h17-22,24H,4-16H2,1-3H3. The summed E-state index contributed by atoms with van der Waals surface area (Å²) in [6.45, 7) is 9.34. The highest BCUT2D eigenvalue weighted by Crippen LogP contribution is 2.48. The summed E-state index contributed by atoms with van der Waals surface area (Å²) >= 11 is 0. The molecule has 2 saturated carbocycles. The van der Waals surface area contributed by atoms with E-state index >= 15 is 0 Å². The SMILES string of the molecule is CCCC(O)COC1CCC(C(C)(C)C2CCC(OCC3CO3)CC2)CC1. The van der Waals surface area contributed by atoms with E-state index in [-0.39, 0.29) is 6.10 Å². The van der Waals surface area contributed by atoms with Crippen LogP contribution in [0.25, 0.3) is 0 Å². The van der Waals surface area contributed by atoms with Crippen molar-refractivity contribution in [2.24, 2.45) is 17.3 Å². The van der Waals surface area contributed by atoms with Gasteiger partial charge in [0.05, 0.1) is 38.1 Å². The molecule has 4 heteroatoms. The predicted molar refractivity (Wildman–Crippen MR) is 108 cm³/mol. The highest BCUT2D eigenvalue weighted by Gasteiger charge is 2.41. The van der Waals surface area contributed by atoms with Crippen molar-refractivity contribution in [1.29, 1.82) is 0 Å². The third-order valence-corrected chi connectivity index (χ3v) is 7.52. The van der Waals surface area contributed by atoms with Crippen LogP contribution in [-0.4, -0.2) is 49.3 Å². The van der Waals surface area contributed by atoms with Crippen LogP contribution in [0.2, 0.25) is 0 Å². The second kappa shape index (κ2) is 10.0. The van der Waals surface area contributed by atoms with Crippen molar-refractivity contribution in [2.45, 2.75) is 109 Å². The molecule has 0 bridgehead atoms. The Hall–Kier alpha value is -0.160. The average molecular weight is 383 g/mol. The van der Waals surface area contributed by atoms with E-state index in [1.165, 1.54) is 38.5 Å². The molecular weight excluding hydrogens is 340 g/mol. The van der Waals surface area contributed by atoms with E-state index in [2.05, 4.69) is 20.8 Å². The maximum atomic E-state index is 9.88. The first-order chi connectivity index (χ1) is 13.0. The molecule has 2 atom stereocenters. The molecule has 4 nitrogen and oxygen atoms in total. The van der Waals surface area contributed by atoms with Gasteiger partial charge in [-0.25, -0.2) is 0 Å². The lowest BCUT2D eigenvalue weighted by molar-refractivity contribution is -0.0541. The normalized spacial score (nSPS) is 35.8. The summed E-state index contributed by atoms with van der Waals surface area (Å²) in [5.41, 5.74) is 0.414. The van der Waals surface area contributed by atoms with Crippen molar-refractivity contribution in [3.05, 3.63) is 0 Å². The Labute approximate surface area is 166 Å². The van der Waals surface area contributed by atoms with Crippen molar-refractivity contribution < 1.29 is 19.3 Å². The van der Waals surface area contributed by atoms with Crippen LogP contribution in [0.15, 0.2) is 0 Å². The lowest BCUT2D eigenvalue weighted by atomic mass is 9.60. The molecule has 0 aromatic heterocycles. The van der Waals surface area contributed by atoms with E-state index in [1.807, 2.05) is 0 Å². The van der Waals surface area contributed by atoms with Gasteiger partial charge in [0, 0.05) is 0 Å². The molecule has 27 heavy (non-hydrogen) atoms. The Balaban J connectivity index is 1.36. The molecule has 0 radical (unpaired) electrons. The van der Waals surface area contributed by atoms with Gasteiger partial charge in [0.25, 0.3) is 0 Å². The largest absolute Gasteiger partial charge is 0.391 e. The zero-order valence-corrected chi connectivity index (χ0v) is 17.8. The van der Waals surface area contributed by atoms with E-state index < -0.39 is 0 Å². The summed E-state index contributed by atoms with van der Waals surface area (Å²) in [7, 11) is 0. The molecule has 0 spiro atoms.